The van der Waals surface area contributed by atoms with Crippen molar-refractivity contribution in [3.05, 3.63) is 63.8 Å². The summed E-state index contributed by atoms with van der Waals surface area (Å²) in [6.07, 6.45) is 2.52. The third-order valence-electron chi connectivity index (χ3n) is 4.60. The number of hydrogen-bond acceptors (Lipinski definition) is 4. The first-order valence-electron chi connectivity index (χ1n) is 9.35. The van der Waals surface area contributed by atoms with E-state index in [1.54, 1.807) is 19.3 Å². The largest absolute Gasteiger partial charge is 0.493 e. The Balaban J connectivity index is 1.85. The first kappa shape index (κ1) is 20.9. The summed E-state index contributed by atoms with van der Waals surface area (Å²) in [5.74, 6) is 0.787. The molecule has 1 saturated heterocycles. The quantitative estimate of drug-likeness (QED) is 0.480. The highest BCUT2D eigenvalue weighted by atomic mass is 79.9. The molecule has 0 bridgehead atoms. The van der Waals surface area contributed by atoms with E-state index in [2.05, 4.69) is 21.2 Å². The molecule has 1 fully saturated rings. The fraction of sp³-hybridized carbons (Fsp3) is 0.273. The van der Waals surface area contributed by atoms with Gasteiger partial charge in [0.25, 0.3) is 5.91 Å². The average molecular weight is 459 g/mol. The normalized spacial score (nSPS) is 16.1. The molecule has 29 heavy (non-hydrogen) atoms. The summed E-state index contributed by atoms with van der Waals surface area (Å²) < 4.78 is 12.1. The van der Waals surface area contributed by atoms with E-state index in [0.717, 1.165) is 12.0 Å². The second kappa shape index (κ2) is 9.13. The van der Waals surface area contributed by atoms with E-state index < -0.39 is 6.03 Å². The maximum absolute atomic E-state index is 12.7. The van der Waals surface area contributed by atoms with E-state index in [1.165, 1.54) is 4.90 Å². The van der Waals surface area contributed by atoms with Crippen LogP contribution in [0, 0.1) is 0 Å². The number of amides is 3. The number of urea groups is 1. The summed E-state index contributed by atoms with van der Waals surface area (Å²) >= 11 is 3.51. The molecule has 152 valence electrons. The van der Waals surface area contributed by atoms with Gasteiger partial charge >= 0.3 is 6.03 Å². The maximum atomic E-state index is 12.7. The van der Waals surface area contributed by atoms with Crippen molar-refractivity contribution >= 4 is 33.9 Å². The van der Waals surface area contributed by atoms with Crippen molar-refractivity contribution in [1.29, 1.82) is 0 Å². The van der Waals surface area contributed by atoms with E-state index in [9.17, 15) is 9.59 Å². The lowest BCUT2D eigenvalue weighted by atomic mass is 10.1. The van der Waals surface area contributed by atoms with E-state index in [-0.39, 0.29) is 24.3 Å². The number of nitrogens with zero attached hydrogens (tertiary/aromatic N) is 1. The Bertz CT molecular complexity index is 943. The molecule has 2 aromatic rings. The van der Waals surface area contributed by atoms with E-state index in [0.29, 0.717) is 21.5 Å². The van der Waals surface area contributed by atoms with Crippen LogP contribution < -0.4 is 14.8 Å². The number of halogens is 1. The van der Waals surface area contributed by atoms with Crippen molar-refractivity contribution in [3.8, 4) is 11.5 Å². The number of hydrogen-bond donors (Lipinski definition) is 1. The van der Waals surface area contributed by atoms with Gasteiger partial charge in [0.15, 0.2) is 11.5 Å². The molecule has 2 aromatic carbocycles. The molecule has 3 amide bonds. The van der Waals surface area contributed by atoms with Gasteiger partial charge in [-0.15, -0.1) is 0 Å². The molecular weight excluding hydrogens is 436 g/mol. The lowest BCUT2D eigenvalue weighted by molar-refractivity contribution is -0.123. The highest BCUT2D eigenvalue weighted by molar-refractivity contribution is 9.10. The van der Waals surface area contributed by atoms with Crippen LogP contribution in [-0.2, 0) is 11.3 Å². The second-order valence-corrected chi connectivity index (χ2v) is 7.59. The van der Waals surface area contributed by atoms with Crippen LogP contribution in [0.2, 0.25) is 0 Å². The molecule has 0 spiro atoms. The van der Waals surface area contributed by atoms with Crippen molar-refractivity contribution in [3.63, 3.8) is 0 Å². The molecule has 1 aliphatic rings. The third-order valence-corrected chi connectivity index (χ3v) is 5.19. The maximum Gasteiger partial charge on any atom is 0.329 e. The zero-order valence-electron chi connectivity index (χ0n) is 16.6. The van der Waals surface area contributed by atoms with Gasteiger partial charge in [0.1, 0.15) is 5.70 Å². The van der Waals surface area contributed by atoms with Crippen LogP contribution in [-0.4, -0.2) is 30.1 Å². The first-order valence-corrected chi connectivity index (χ1v) is 10.1. The van der Waals surface area contributed by atoms with E-state index in [4.69, 9.17) is 9.47 Å². The fourth-order valence-electron chi connectivity index (χ4n) is 2.87. The number of imide groups is 1. The zero-order chi connectivity index (χ0) is 21.0. The summed E-state index contributed by atoms with van der Waals surface area (Å²) in [7, 11) is 1.56. The van der Waals surface area contributed by atoms with Gasteiger partial charge < -0.3 is 14.8 Å². The molecular formula is C22H23BrN2O4. The summed E-state index contributed by atoms with van der Waals surface area (Å²) in [5, 5.41) is 2.65. The smallest absolute Gasteiger partial charge is 0.329 e. The van der Waals surface area contributed by atoms with Gasteiger partial charge in [-0.1, -0.05) is 37.3 Å². The van der Waals surface area contributed by atoms with Crippen LogP contribution in [0.15, 0.2) is 52.6 Å². The van der Waals surface area contributed by atoms with Crippen LogP contribution in [0.3, 0.4) is 0 Å². The predicted octanol–water partition coefficient (Wildman–Crippen LogP) is 4.73. The first-order chi connectivity index (χ1) is 13.9. The van der Waals surface area contributed by atoms with Gasteiger partial charge in [0, 0.05) is 0 Å². The van der Waals surface area contributed by atoms with Gasteiger partial charge in [-0.3, -0.25) is 9.69 Å². The molecule has 0 saturated carbocycles. The van der Waals surface area contributed by atoms with E-state index in [1.807, 2.05) is 50.2 Å². The minimum Gasteiger partial charge on any atom is -0.493 e. The lowest BCUT2D eigenvalue weighted by Gasteiger charge is -2.17. The topological polar surface area (TPSA) is 67.9 Å². The molecule has 0 aromatic heterocycles. The Morgan fingerprint density at radius 3 is 2.59 bits per heavy atom. The van der Waals surface area contributed by atoms with Crippen LogP contribution in [0.1, 0.15) is 31.4 Å². The molecule has 1 aliphatic heterocycles. The summed E-state index contributed by atoms with van der Waals surface area (Å²) in [6, 6.07) is 12.5. The van der Waals surface area contributed by atoms with Gasteiger partial charge in [-0.25, -0.2) is 4.79 Å². The van der Waals surface area contributed by atoms with Crippen molar-refractivity contribution in [2.24, 2.45) is 0 Å². The Labute approximate surface area is 178 Å². The molecule has 1 atom stereocenters. The molecule has 0 radical (unpaired) electrons. The fourth-order valence-corrected chi connectivity index (χ4v) is 3.42. The number of carbonyl (C=O) groups is 2. The monoisotopic (exact) mass is 458 g/mol. The van der Waals surface area contributed by atoms with Crippen molar-refractivity contribution in [1.82, 2.24) is 10.2 Å². The van der Waals surface area contributed by atoms with E-state index >= 15 is 0 Å². The minimum atomic E-state index is -0.437. The number of nitrogens with one attached hydrogen (secondary N) is 1. The number of ether oxygens (including phenoxy) is 2. The highest BCUT2D eigenvalue weighted by Gasteiger charge is 2.33. The molecule has 7 heteroatoms. The summed E-state index contributed by atoms with van der Waals surface area (Å²) in [6.45, 7) is 4.24. The summed E-state index contributed by atoms with van der Waals surface area (Å²) in [5.41, 5.74) is 1.80. The number of carbonyl (C=O) groups excluding carboxylic acids is 2. The minimum absolute atomic E-state index is 0.0339. The Morgan fingerprint density at radius 1 is 1.21 bits per heavy atom. The lowest BCUT2D eigenvalue weighted by Crippen LogP contribution is -2.30. The number of rotatable bonds is 7. The van der Waals surface area contributed by atoms with Crippen molar-refractivity contribution < 1.29 is 19.1 Å². The molecule has 0 unspecified atom stereocenters. The molecule has 0 aliphatic carbocycles. The predicted molar refractivity (Wildman–Crippen MR) is 115 cm³/mol. The van der Waals surface area contributed by atoms with Gasteiger partial charge in [-0.05, 0) is 58.6 Å². The van der Waals surface area contributed by atoms with Crippen molar-refractivity contribution in [2.75, 3.05) is 7.11 Å². The number of methoxy groups -OCH3 is 1. The van der Waals surface area contributed by atoms with Crippen LogP contribution >= 0.6 is 15.9 Å². The zero-order valence-corrected chi connectivity index (χ0v) is 18.2. The second-order valence-electron chi connectivity index (χ2n) is 6.74. The van der Waals surface area contributed by atoms with Gasteiger partial charge in [0.2, 0.25) is 0 Å². The molecule has 6 nitrogen and oxygen atoms in total. The van der Waals surface area contributed by atoms with Crippen LogP contribution in [0.25, 0.3) is 6.08 Å². The van der Waals surface area contributed by atoms with Crippen molar-refractivity contribution in [2.45, 2.75) is 32.9 Å². The SMILES string of the molecule is CC[C@@H](C)Oc1c(Br)cc(/C=C2/NC(=O)N(Cc3ccccc3)C2=O)cc1OC. The Kier molecular flexibility index (Phi) is 6.59. The van der Waals surface area contributed by atoms with Crippen LogP contribution in [0.5, 0.6) is 11.5 Å². The highest BCUT2D eigenvalue weighted by Crippen LogP contribution is 2.38. The molecule has 3 rings (SSSR count). The van der Waals surface area contributed by atoms with Crippen LogP contribution in [0.4, 0.5) is 4.79 Å². The third kappa shape index (κ3) is 4.79. The van der Waals surface area contributed by atoms with Gasteiger partial charge in [-0.2, -0.15) is 0 Å². The summed E-state index contributed by atoms with van der Waals surface area (Å²) in [4.78, 5) is 26.2. The Hall–Kier alpha value is -2.80. The number of benzene rings is 2. The average Bonchev–Trinajstić information content (AvgIpc) is 2.97. The molecule has 1 N–H and O–H groups in total. The Morgan fingerprint density at radius 2 is 1.93 bits per heavy atom. The standard InChI is InChI=1S/C22H23BrN2O4/c1-4-14(2)29-20-17(23)10-16(12-19(20)28-3)11-18-21(26)25(22(27)24-18)13-15-8-6-5-7-9-15/h5-12,14H,4,13H2,1-3H3,(H,24,27)/b18-11+/t14-/m1/s1. The molecule has 1 heterocycles. The van der Waals surface area contributed by atoms with Gasteiger partial charge in [0.05, 0.1) is 24.2 Å².